The van der Waals surface area contributed by atoms with Crippen molar-refractivity contribution in [1.82, 2.24) is 0 Å². The van der Waals surface area contributed by atoms with Gasteiger partial charge in [-0.05, 0) is 11.4 Å². The first-order chi connectivity index (χ1) is 4.88. The first kappa shape index (κ1) is 6.19. The highest BCUT2D eigenvalue weighted by Gasteiger charge is 2.11. The van der Waals surface area contributed by atoms with Gasteiger partial charge in [0, 0.05) is 18.0 Å². The molecule has 0 aliphatic carbocycles. The molecule has 2 heterocycles. The van der Waals surface area contributed by atoms with Crippen LogP contribution in [-0.4, -0.2) is 12.9 Å². The van der Waals surface area contributed by atoms with Crippen LogP contribution in [0.4, 0.5) is 5.69 Å². The molecular formula is C6H5ClN2S. The molecule has 1 aliphatic heterocycles. The van der Waals surface area contributed by atoms with Gasteiger partial charge in [-0.2, -0.15) is 0 Å². The van der Waals surface area contributed by atoms with Crippen LogP contribution in [0.2, 0.25) is 0 Å². The molecule has 0 amide bonds. The summed E-state index contributed by atoms with van der Waals surface area (Å²) in [5, 5.41) is 2.01. The van der Waals surface area contributed by atoms with Gasteiger partial charge in [0.1, 0.15) is 6.67 Å². The average Bonchev–Trinajstić information content (AvgIpc) is 2.36. The zero-order chi connectivity index (χ0) is 6.97. The van der Waals surface area contributed by atoms with Crippen molar-refractivity contribution in [2.45, 2.75) is 0 Å². The second kappa shape index (κ2) is 2.25. The number of aliphatic imine (C=N–C) groups is 1. The van der Waals surface area contributed by atoms with Crippen LogP contribution < -0.4 is 4.42 Å². The lowest BCUT2D eigenvalue weighted by atomic mass is 10.4. The third-order valence-corrected chi connectivity index (χ3v) is 2.48. The summed E-state index contributed by atoms with van der Waals surface area (Å²) in [6, 6.07) is 2.00. The van der Waals surface area contributed by atoms with E-state index >= 15 is 0 Å². The molecule has 1 aromatic heterocycles. The molecule has 1 aliphatic rings. The molecule has 0 fully saturated rings. The molecule has 0 saturated carbocycles. The summed E-state index contributed by atoms with van der Waals surface area (Å²) in [6.07, 6.45) is 1.86. The normalized spacial score (nSPS) is 15.5. The van der Waals surface area contributed by atoms with Crippen LogP contribution in [0.5, 0.6) is 0 Å². The van der Waals surface area contributed by atoms with Crippen molar-refractivity contribution in [2.75, 3.05) is 11.1 Å². The number of anilines is 1. The van der Waals surface area contributed by atoms with Gasteiger partial charge in [-0.15, -0.1) is 11.3 Å². The summed E-state index contributed by atoms with van der Waals surface area (Å²) < 4.78 is 1.62. The zero-order valence-electron chi connectivity index (χ0n) is 5.12. The van der Waals surface area contributed by atoms with Crippen LogP contribution in [0, 0.1) is 0 Å². The highest BCUT2D eigenvalue weighted by atomic mass is 35.5. The maximum absolute atomic E-state index is 5.81. The van der Waals surface area contributed by atoms with Gasteiger partial charge in [-0.25, -0.2) is 0 Å². The molecule has 0 radical (unpaired) electrons. The Morgan fingerprint density at radius 3 is 3.40 bits per heavy atom. The van der Waals surface area contributed by atoms with Gasteiger partial charge in [-0.1, -0.05) is 0 Å². The summed E-state index contributed by atoms with van der Waals surface area (Å²) in [7, 11) is 0. The van der Waals surface area contributed by atoms with Crippen molar-refractivity contribution in [1.29, 1.82) is 0 Å². The van der Waals surface area contributed by atoms with Crippen LogP contribution >= 0.6 is 23.1 Å². The Balaban J connectivity index is 2.52. The van der Waals surface area contributed by atoms with E-state index < -0.39 is 0 Å². The van der Waals surface area contributed by atoms with Crippen LogP contribution in [0.15, 0.2) is 16.4 Å². The number of nitrogens with zero attached hydrogens (tertiary/aromatic N) is 2. The lowest BCUT2D eigenvalue weighted by molar-refractivity contribution is 1.04. The average molecular weight is 173 g/mol. The SMILES string of the molecule is ClN1CN=Cc2sccc21. The fourth-order valence-electron chi connectivity index (χ4n) is 0.883. The molecule has 52 valence electrons. The standard InChI is InChI=1S/C6H5ClN2S/c7-9-4-8-3-6-5(9)1-2-10-6/h1-3H,4H2. The third-order valence-electron chi connectivity index (χ3n) is 1.35. The quantitative estimate of drug-likeness (QED) is 0.548. The molecule has 0 saturated heterocycles. The van der Waals surface area contributed by atoms with E-state index in [1.807, 2.05) is 17.7 Å². The minimum absolute atomic E-state index is 0.561. The van der Waals surface area contributed by atoms with Crippen LogP contribution in [0.3, 0.4) is 0 Å². The number of thiophene rings is 1. The summed E-state index contributed by atoms with van der Waals surface area (Å²) in [5.74, 6) is 0. The van der Waals surface area contributed by atoms with E-state index in [0.29, 0.717) is 6.67 Å². The Labute approximate surface area is 67.9 Å². The van der Waals surface area contributed by atoms with Crippen molar-refractivity contribution in [3.63, 3.8) is 0 Å². The van der Waals surface area contributed by atoms with Crippen molar-refractivity contribution < 1.29 is 0 Å². The molecule has 0 N–H and O–H groups in total. The maximum Gasteiger partial charge on any atom is 0.125 e. The van der Waals surface area contributed by atoms with E-state index in [4.69, 9.17) is 11.8 Å². The molecule has 2 nitrogen and oxygen atoms in total. The number of fused-ring (bicyclic) bond motifs is 1. The van der Waals surface area contributed by atoms with Gasteiger partial charge in [0.2, 0.25) is 0 Å². The Morgan fingerprint density at radius 1 is 1.70 bits per heavy atom. The van der Waals surface area contributed by atoms with Crippen LogP contribution in [0.25, 0.3) is 0 Å². The molecule has 10 heavy (non-hydrogen) atoms. The molecule has 4 heteroatoms. The minimum atomic E-state index is 0.561. The van der Waals surface area contributed by atoms with E-state index in [-0.39, 0.29) is 0 Å². The maximum atomic E-state index is 5.81. The molecule has 0 bridgehead atoms. The van der Waals surface area contributed by atoms with E-state index in [1.165, 1.54) is 0 Å². The Morgan fingerprint density at radius 2 is 2.60 bits per heavy atom. The summed E-state index contributed by atoms with van der Waals surface area (Å²) in [4.78, 5) is 5.19. The van der Waals surface area contributed by atoms with Crippen molar-refractivity contribution in [2.24, 2.45) is 4.99 Å². The first-order valence-electron chi connectivity index (χ1n) is 2.88. The van der Waals surface area contributed by atoms with Gasteiger partial charge in [0.25, 0.3) is 0 Å². The van der Waals surface area contributed by atoms with Gasteiger partial charge in [-0.3, -0.25) is 9.41 Å². The first-order valence-corrected chi connectivity index (χ1v) is 4.10. The van der Waals surface area contributed by atoms with Gasteiger partial charge in [0.15, 0.2) is 0 Å². The molecule has 0 atom stereocenters. The zero-order valence-corrected chi connectivity index (χ0v) is 6.69. The topological polar surface area (TPSA) is 15.6 Å². The predicted molar refractivity (Wildman–Crippen MR) is 45.1 cm³/mol. The number of halogens is 1. The largest absolute Gasteiger partial charge is 0.269 e. The molecule has 0 aromatic carbocycles. The number of rotatable bonds is 0. The second-order valence-electron chi connectivity index (χ2n) is 1.99. The van der Waals surface area contributed by atoms with Crippen molar-refractivity contribution in [3.05, 3.63) is 16.3 Å². The van der Waals surface area contributed by atoms with E-state index in [2.05, 4.69) is 4.99 Å². The Kier molecular flexibility index (Phi) is 1.39. The van der Waals surface area contributed by atoms with E-state index in [9.17, 15) is 0 Å². The monoisotopic (exact) mass is 172 g/mol. The smallest absolute Gasteiger partial charge is 0.125 e. The number of hydrogen-bond donors (Lipinski definition) is 0. The molecule has 1 aromatic rings. The summed E-state index contributed by atoms with van der Waals surface area (Å²) in [6.45, 7) is 0.561. The highest BCUT2D eigenvalue weighted by Crippen LogP contribution is 2.28. The minimum Gasteiger partial charge on any atom is -0.269 e. The molecular weight excluding hydrogens is 168 g/mol. The van der Waals surface area contributed by atoms with Crippen molar-refractivity contribution >= 4 is 35.0 Å². The lowest BCUT2D eigenvalue weighted by Gasteiger charge is -2.15. The molecule has 2 rings (SSSR count). The van der Waals surface area contributed by atoms with Gasteiger partial charge < -0.3 is 0 Å². The highest BCUT2D eigenvalue weighted by molar-refractivity contribution is 7.12. The third kappa shape index (κ3) is 0.822. The fourth-order valence-corrected chi connectivity index (χ4v) is 1.92. The predicted octanol–water partition coefficient (Wildman–Crippen LogP) is 2.10. The Bertz CT molecular complexity index is 268. The van der Waals surface area contributed by atoms with Gasteiger partial charge >= 0.3 is 0 Å². The lowest BCUT2D eigenvalue weighted by Crippen LogP contribution is -2.14. The van der Waals surface area contributed by atoms with E-state index in [1.54, 1.807) is 15.8 Å². The van der Waals surface area contributed by atoms with Gasteiger partial charge in [0.05, 0.1) is 10.6 Å². The van der Waals surface area contributed by atoms with Crippen LogP contribution in [0.1, 0.15) is 4.88 Å². The molecule has 0 unspecified atom stereocenters. The van der Waals surface area contributed by atoms with E-state index in [0.717, 1.165) is 10.6 Å². The second-order valence-corrected chi connectivity index (χ2v) is 3.34. The number of hydrogen-bond acceptors (Lipinski definition) is 3. The fraction of sp³-hybridized carbons (Fsp3) is 0.167. The summed E-state index contributed by atoms with van der Waals surface area (Å²) in [5.41, 5.74) is 1.07. The summed E-state index contributed by atoms with van der Waals surface area (Å²) >= 11 is 7.47. The Hall–Kier alpha value is -0.540. The van der Waals surface area contributed by atoms with Crippen LogP contribution in [-0.2, 0) is 0 Å². The van der Waals surface area contributed by atoms with Crippen molar-refractivity contribution in [3.8, 4) is 0 Å². The molecule has 0 spiro atoms.